The molecule has 1 N–H and O–H groups in total. The number of nitrogens with one attached hydrogen (secondary N) is 1. The quantitative estimate of drug-likeness (QED) is 0.780. The molecule has 2 saturated heterocycles. The van der Waals surface area contributed by atoms with Crippen molar-refractivity contribution >= 4 is 0 Å². The second kappa shape index (κ2) is 6.85. The number of piperazine rings is 1. The Morgan fingerprint density at radius 2 is 1.89 bits per heavy atom. The molecule has 4 nitrogen and oxygen atoms in total. The van der Waals surface area contributed by atoms with E-state index < -0.39 is 0 Å². The monoisotopic (exact) mass is 255 g/mol. The predicted molar refractivity (Wildman–Crippen MR) is 74.9 cm³/mol. The average molecular weight is 255 g/mol. The Hall–Kier alpha value is -0.160. The fraction of sp³-hybridized carbons (Fsp3) is 1.00. The molecule has 0 spiro atoms. The first kappa shape index (κ1) is 14.3. The summed E-state index contributed by atoms with van der Waals surface area (Å²) in [5.41, 5.74) is 0. The van der Waals surface area contributed by atoms with Crippen LogP contribution in [0.15, 0.2) is 0 Å². The van der Waals surface area contributed by atoms with Gasteiger partial charge in [0.15, 0.2) is 0 Å². The second-order valence-corrected chi connectivity index (χ2v) is 5.89. The molecule has 2 aliphatic rings. The summed E-state index contributed by atoms with van der Waals surface area (Å²) in [4.78, 5) is 5.19. The van der Waals surface area contributed by atoms with Gasteiger partial charge in [-0.3, -0.25) is 4.90 Å². The summed E-state index contributed by atoms with van der Waals surface area (Å²) in [5, 5.41) is 3.55. The average Bonchev–Trinajstić information content (AvgIpc) is 2.78. The van der Waals surface area contributed by atoms with Crippen LogP contribution in [0.2, 0.25) is 0 Å². The van der Waals surface area contributed by atoms with E-state index >= 15 is 0 Å². The Morgan fingerprint density at radius 1 is 1.17 bits per heavy atom. The maximum atomic E-state index is 5.62. The van der Waals surface area contributed by atoms with Crippen molar-refractivity contribution in [3.63, 3.8) is 0 Å². The minimum Gasteiger partial charge on any atom is -0.379 e. The molecule has 0 aromatic rings. The van der Waals surface area contributed by atoms with Crippen LogP contribution in [-0.4, -0.2) is 74.4 Å². The van der Waals surface area contributed by atoms with Gasteiger partial charge in [0.05, 0.1) is 13.2 Å². The van der Waals surface area contributed by atoms with Crippen LogP contribution in [0.3, 0.4) is 0 Å². The maximum Gasteiger partial charge on any atom is 0.0623 e. The first-order valence-electron chi connectivity index (χ1n) is 7.48. The van der Waals surface area contributed by atoms with Crippen molar-refractivity contribution in [2.75, 3.05) is 52.5 Å². The summed E-state index contributed by atoms with van der Waals surface area (Å²) in [6.45, 7) is 15.7. The van der Waals surface area contributed by atoms with Crippen LogP contribution < -0.4 is 5.32 Å². The van der Waals surface area contributed by atoms with Crippen molar-refractivity contribution in [3.8, 4) is 0 Å². The molecule has 2 atom stereocenters. The van der Waals surface area contributed by atoms with Gasteiger partial charge in [-0.15, -0.1) is 0 Å². The molecule has 2 rings (SSSR count). The molecule has 106 valence electrons. The van der Waals surface area contributed by atoms with Crippen molar-refractivity contribution in [1.82, 2.24) is 15.1 Å². The molecule has 0 aliphatic carbocycles. The fourth-order valence-corrected chi connectivity index (χ4v) is 3.06. The van der Waals surface area contributed by atoms with E-state index in [0.29, 0.717) is 18.0 Å². The van der Waals surface area contributed by atoms with Crippen LogP contribution in [0.1, 0.15) is 20.8 Å². The molecule has 2 unspecified atom stereocenters. The second-order valence-electron chi connectivity index (χ2n) is 5.89. The molecule has 0 bridgehead atoms. The minimum atomic E-state index is 0.568. The molecular weight excluding hydrogens is 226 g/mol. The van der Waals surface area contributed by atoms with Crippen LogP contribution in [0, 0.1) is 5.92 Å². The highest BCUT2D eigenvalue weighted by atomic mass is 16.5. The zero-order valence-electron chi connectivity index (χ0n) is 12.2. The van der Waals surface area contributed by atoms with Gasteiger partial charge in [0.2, 0.25) is 0 Å². The van der Waals surface area contributed by atoms with E-state index in [9.17, 15) is 0 Å². The van der Waals surface area contributed by atoms with E-state index in [-0.39, 0.29) is 0 Å². The van der Waals surface area contributed by atoms with E-state index in [4.69, 9.17) is 4.74 Å². The van der Waals surface area contributed by atoms with Gasteiger partial charge >= 0.3 is 0 Å². The van der Waals surface area contributed by atoms with Crippen molar-refractivity contribution in [2.24, 2.45) is 5.92 Å². The molecule has 0 aromatic carbocycles. The van der Waals surface area contributed by atoms with Crippen molar-refractivity contribution in [1.29, 1.82) is 0 Å². The van der Waals surface area contributed by atoms with Crippen molar-refractivity contribution in [2.45, 2.75) is 32.9 Å². The lowest BCUT2D eigenvalue weighted by Gasteiger charge is -2.38. The molecule has 0 amide bonds. The standard InChI is InChI=1S/C14H29N3O/c1-4-15-14-11-18-10-13(14)9-16-5-7-17(8-6-16)12(2)3/h12-15H,4-11H2,1-3H3. The Labute approximate surface area is 112 Å². The van der Waals surface area contributed by atoms with Gasteiger partial charge < -0.3 is 15.0 Å². The number of hydrogen-bond donors (Lipinski definition) is 1. The third kappa shape index (κ3) is 3.67. The lowest BCUT2D eigenvalue weighted by atomic mass is 10.0. The highest BCUT2D eigenvalue weighted by Gasteiger charge is 2.30. The summed E-state index contributed by atoms with van der Waals surface area (Å²) in [6.07, 6.45) is 0. The van der Waals surface area contributed by atoms with E-state index in [0.717, 1.165) is 19.8 Å². The molecule has 2 aliphatic heterocycles. The zero-order chi connectivity index (χ0) is 13.0. The first-order valence-corrected chi connectivity index (χ1v) is 7.48. The van der Waals surface area contributed by atoms with Gasteiger partial charge in [-0.05, 0) is 20.4 Å². The van der Waals surface area contributed by atoms with Crippen LogP contribution in [0.5, 0.6) is 0 Å². The largest absolute Gasteiger partial charge is 0.379 e. The minimum absolute atomic E-state index is 0.568. The molecule has 2 heterocycles. The maximum absolute atomic E-state index is 5.62. The van der Waals surface area contributed by atoms with Gasteiger partial charge in [-0.25, -0.2) is 0 Å². The topological polar surface area (TPSA) is 27.7 Å². The van der Waals surface area contributed by atoms with E-state index in [2.05, 4.69) is 35.9 Å². The fourth-order valence-electron chi connectivity index (χ4n) is 3.06. The van der Waals surface area contributed by atoms with E-state index in [1.54, 1.807) is 0 Å². The Kier molecular flexibility index (Phi) is 5.42. The van der Waals surface area contributed by atoms with Crippen LogP contribution in [0.25, 0.3) is 0 Å². The van der Waals surface area contributed by atoms with Gasteiger partial charge in [0.1, 0.15) is 0 Å². The molecule has 0 aromatic heterocycles. The van der Waals surface area contributed by atoms with Crippen LogP contribution in [-0.2, 0) is 4.74 Å². The number of rotatable bonds is 5. The van der Waals surface area contributed by atoms with Gasteiger partial charge in [-0.2, -0.15) is 0 Å². The third-order valence-electron chi connectivity index (χ3n) is 4.29. The Balaban J connectivity index is 1.74. The summed E-state index contributed by atoms with van der Waals surface area (Å²) < 4.78 is 5.62. The van der Waals surface area contributed by atoms with Gasteiger partial charge in [0, 0.05) is 50.7 Å². The number of hydrogen-bond acceptors (Lipinski definition) is 4. The highest BCUT2D eigenvalue weighted by molar-refractivity contribution is 4.85. The summed E-state index contributed by atoms with van der Waals surface area (Å²) in [7, 11) is 0. The predicted octanol–water partition coefficient (Wildman–Crippen LogP) is 0.637. The molecule has 2 fully saturated rings. The Morgan fingerprint density at radius 3 is 2.50 bits per heavy atom. The lowest BCUT2D eigenvalue weighted by Crippen LogP contribution is -2.51. The number of ether oxygens (including phenoxy) is 1. The molecule has 4 heteroatoms. The molecule has 0 radical (unpaired) electrons. The number of likely N-dealkylation sites (N-methyl/N-ethyl adjacent to an activating group) is 1. The summed E-state index contributed by atoms with van der Waals surface area (Å²) in [6, 6.07) is 1.26. The van der Waals surface area contributed by atoms with Gasteiger partial charge in [-0.1, -0.05) is 6.92 Å². The van der Waals surface area contributed by atoms with Crippen molar-refractivity contribution < 1.29 is 4.74 Å². The zero-order valence-corrected chi connectivity index (χ0v) is 12.2. The summed E-state index contributed by atoms with van der Waals surface area (Å²) >= 11 is 0. The van der Waals surface area contributed by atoms with Crippen molar-refractivity contribution in [3.05, 3.63) is 0 Å². The smallest absolute Gasteiger partial charge is 0.0623 e. The first-order chi connectivity index (χ1) is 8.70. The van der Waals surface area contributed by atoms with E-state index in [1.807, 2.05) is 0 Å². The third-order valence-corrected chi connectivity index (χ3v) is 4.29. The van der Waals surface area contributed by atoms with E-state index in [1.165, 1.54) is 32.7 Å². The molecular formula is C14H29N3O. The SMILES string of the molecule is CCNC1COCC1CN1CCN(C(C)C)CC1. The van der Waals surface area contributed by atoms with Gasteiger partial charge in [0.25, 0.3) is 0 Å². The normalized spacial score (nSPS) is 31.3. The number of nitrogens with zero attached hydrogens (tertiary/aromatic N) is 2. The lowest BCUT2D eigenvalue weighted by molar-refractivity contribution is 0.0910. The Bertz CT molecular complexity index is 239. The van der Waals surface area contributed by atoms with Crippen LogP contribution in [0.4, 0.5) is 0 Å². The summed E-state index contributed by atoms with van der Waals surface area (Å²) in [5.74, 6) is 0.676. The highest BCUT2D eigenvalue weighted by Crippen LogP contribution is 2.16. The molecule has 0 saturated carbocycles. The molecule has 18 heavy (non-hydrogen) atoms. The van der Waals surface area contributed by atoms with Crippen LogP contribution >= 0.6 is 0 Å².